The molecule has 1 aliphatic rings. The van der Waals surface area contributed by atoms with Crippen molar-refractivity contribution in [2.24, 2.45) is 0 Å². The van der Waals surface area contributed by atoms with Crippen LogP contribution in [0.5, 0.6) is 0 Å². The number of rotatable bonds is 0. The molecule has 0 radical (unpaired) electrons. The molecule has 1 rings (SSSR count). The summed E-state index contributed by atoms with van der Waals surface area (Å²) in [5, 5.41) is 1.12. The summed E-state index contributed by atoms with van der Waals surface area (Å²) >= 11 is 1.64. The maximum absolute atomic E-state index is 11.7. The molecule has 1 heterocycles. The Kier molecular flexibility index (Phi) is 4.02. The van der Waals surface area contributed by atoms with Crippen molar-refractivity contribution in [2.45, 2.75) is 26.4 Å². The molecule has 86 valence electrons. The van der Waals surface area contributed by atoms with Crippen LogP contribution < -0.4 is 4.99 Å². The monoisotopic (exact) mass is 231 g/mol. The quantitative estimate of drug-likeness (QED) is 0.642. The molecule has 1 aliphatic heterocycles. The molecule has 0 fully saturated rings. The highest BCUT2D eigenvalue weighted by atomic mass is 32.2. The van der Waals surface area contributed by atoms with E-state index < -0.39 is 5.60 Å². The predicted octanol–water partition coefficient (Wildman–Crippen LogP) is 0.0792. The number of ether oxygens (including phenoxy) is 1. The first-order valence-electron chi connectivity index (χ1n) is 5.04. The second-order valence-electron chi connectivity index (χ2n) is 4.46. The van der Waals surface area contributed by atoms with Crippen LogP contribution in [0.25, 0.3) is 0 Å². The van der Waals surface area contributed by atoms with Crippen LogP contribution in [0.15, 0.2) is 0 Å². The first kappa shape index (κ1) is 12.4. The molecule has 0 atom stereocenters. The van der Waals surface area contributed by atoms with Gasteiger partial charge in [-0.15, -0.1) is 0 Å². The number of hydrogen-bond acceptors (Lipinski definition) is 3. The summed E-state index contributed by atoms with van der Waals surface area (Å²) in [5.41, 5.74) is -0.415. The zero-order valence-corrected chi connectivity index (χ0v) is 10.6. The van der Waals surface area contributed by atoms with Crippen molar-refractivity contribution in [2.75, 3.05) is 25.9 Å². The third-order valence-corrected chi connectivity index (χ3v) is 2.70. The highest BCUT2D eigenvalue weighted by molar-refractivity contribution is 8.13. The van der Waals surface area contributed by atoms with E-state index in [9.17, 15) is 4.79 Å². The van der Waals surface area contributed by atoms with E-state index in [2.05, 4.69) is 4.99 Å². The predicted molar refractivity (Wildman–Crippen MR) is 62.2 cm³/mol. The zero-order chi connectivity index (χ0) is 11.5. The average Bonchev–Trinajstić information content (AvgIpc) is 2.15. The molecule has 0 saturated carbocycles. The average molecular weight is 231 g/mol. The molecule has 0 aromatic rings. The molecule has 1 amide bonds. The Morgan fingerprint density at radius 3 is 2.73 bits per heavy atom. The summed E-state index contributed by atoms with van der Waals surface area (Å²) in [5.74, 6) is 0. The Morgan fingerprint density at radius 1 is 1.53 bits per heavy atom. The van der Waals surface area contributed by atoms with Crippen LogP contribution in [0.4, 0.5) is 4.79 Å². The van der Waals surface area contributed by atoms with Gasteiger partial charge in [0.05, 0.1) is 6.54 Å². The lowest BCUT2D eigenvalue weighted by Gasteiger charge is -2.27. The molecule has 0 aliphatic carbocycles. The van der Waals surface area contributed by atoms with Gasteiger partial charge in [0, 0.05) is 0 Å². The van der Waals surface area contributed by atoms with Crippen LogP contribution in [-0.2, 0) is 4.74 Å². The molecule has 0 spiro atoms. The number of nitrogens with zero attached hydrogens (tertiary/aromatic N) is 1. The molecular weight excluding hydrogens is 212 g/mol. The molecule has 0 unspecified atom stereocenters. The third-order valence-electron chi connectivity index (χ3n) is 1.94. The van der Waals surface area contributed by atoms with E-state index in [1.165, 1.54) is 0 Å². The zero-order valence-electron chi connectivity index (χ0n) is 9.79. The lowest BCUT2D eigenvalue weighted by Crippen LogP contribution is -2.79. The van der Waals surface area contributed by atoms with E-state index in [0.717, 1.165) is 11.6 Å². The van der Waals surface area contributed by atoms with Crippen LogP contribution in [0.3, 0.4) is 0 Å². The summed E-state index contributed by atoms with van der Waals surface area (Å²) in [6.07, 6.45) is 1.77. The van der Waals surface area contributed by atoms with Crippen LogP contribution in [-0.4, -0.2) is 47.5 Å². The standard InChI is InChI=1S/C10H18N2O2S/c1-10(2,3)14-9(13)12-6-5-11-8(7-12)15-4/h5-7H2,1-4H3/p+1. The van der Waals surface area contributed by atoms with Crippen LogP contribution >= 0.6 is 11.8 Å². The first-order valence-corrected chi connectivity index (χ1v) is 6.26. The van der Waals surface area contributed by atoms with Gasteiger partial charge in [-0.3, -0.25) is 4.90 Å². The Balaban J connectivity index is 2.52. The molecule has 15 heavy (non-hydrogen) atoms. The van der Waals surface area contributed by atoms with Crippen molar-refractivity contribution in [1.82, 2.24) is 4.90 Å². The topological polar surface area (TPSA) is 43.5 Å². The molecule has 0 bridgehead atoms. The minimum absolute atomic E-state index is 0.226. The maximum atomic E-state index is 11.7. The highest BCUT2D eigenvalue weighted by Crippen LogP contribution is 2.10. The first-order chi connectivity index (χ1) is 6.92. The summed E-state index contributed by atoms with van der Waals surface area (Å²) in [7, 11) is 0. The number of hydrogen-bond donors (Lipinski definition) is 1. The Hall–Kier alpha value is -0.710. The number of carbonyl (C=O) groups is 1. The van der Waals surface area contributed by atoms with E-state index >= 15 is 0 Å². The SMILES string of the molecule is CSC1=[NH+]CCN(C(=O)OC(C)(C)C)C1. The molecule has 4 nitrogen and oxygen atoms in total. The van der Waals surface area contributed by atoms with E-state index in [1.807, 2.05) is 27.0 Å². The van der Waals surface area contributed by atoms with Gasteiger partial charge in [-0.25, -0.2) is 9.79 Å². The minimum Gasteiger partial charge on any atom is -0.444 e. The van der Waals surface area contributed by atoms with E-state index in [-0.39, 0.29) is 6.09 Å². The highest BCUT2D eigenvalue weighted by Gasteiger charge is 2.27. The Bertz CT molecular complexity index is 271. The van der Waals surface area contributed by atoms with Crippen molar-refractivity contribution in [1.29, 1.82) is 0 Å². The van der Waals surface area contributed by atoms with Gasteiger partial charge in [-0.2, -0.15) is 0 Å². The van der Waals surface area contributed by atoms with Crippen molar-refractivity contribution < 1.29 is 14.5 Å². The lowest BCUT2D eigenvalue weighted by molar-refractivity contribution is -0.460. The fourth-order valence-corrected chi connectivity index (χ4v) is 1.79. The van der Waals surface area contributed by atoms with E-state index in [0.29, 0.717) is 13.1 Å². The minimum atomic E-state index is -0.415. The molecule has 1 N–H and O–H groups in total. The van der Waals surface area contributed by atoms with Gasteiger partial charge in [-0.1, -0.05) is 11.8 Å². The fourth-order valence-electron chi connectivity index (χ4n) is 1.26. The normalized spacial score (nSPS) is 17.3. The van der Waals surface area contributed by atoms with E-state index in [4.69, 9.17) is 4.74 Å². The van der Waals surface area contributed by atoms with Crippen molar-refractivity contribution in [3.8, 4) is 0 Å². The van der Waals surface area contributed by atoms with Crippen LogP contribution in [0.1, 0.15) is 20.8 Å². The van der Waals surface area contributed by atoms with Gasteiger partial charge < -0.3 is 4.74 Å². The molecule has 0 aromatic heterocycles. The van der Waals surface area contributed by atoms with Crippen molar-refractivity contribution in [3.63, 3.8) is 0 Å². The van der Waals surface area contributed by atoms with Crippen molar-refractivity contribution in [3.05, 3.63) is 0 Å². The van der Waals surface area contributed by atoms with Crippen LogP contribution in [0.2, 0.25) is 0 Å². The molecule has 0 aromatic carbocycles. The smallest absolute Gasteiger partial charge is 0.411 e. The number of carbonyl (C=O) groups excluding carboxylic acids is 1. The Morgan fingerprint density at radius 2 is 2.20 bits per heavy atom. The number of amides is 1. The summed E-state index contributed by atoms with van der Waals surface area (Å²) < 4.78 is 5.31. The van der Waals surface area contributed by atoms with Gasteiger partial charge in [0.15, 0.2) is 6.54 Å². The molecular formula is C10H19N2O2S+. The second-order valence-corrected chi connectivity index (χ2v) is 5.36. The summed E-state index contributed by atoms with van der Waals surface area (Å²) in [6.45, 7) is 7.79. The second kappa shape index (κ2) is 4.88. The van der Waals surface area contributed by atoms with Crippen LogP contribution in [0, 0.1) is 0 Å². The van der Waals surface area contributed by atoms with Gasteiger partial charge in [0.1, 0.15) is 12.1 Å². The maximum Gasteiger partial charge on any atom is 0.411 e. The molecule has 0 saturated heterocycles. The van der Waals surface area contributed by atoms with Crippen molar-refractivity contribution >= 4 is 22.9 Å². The summed E-state index contributed by atoms with van der Waals surface area (Å²) in [4.78, 5) is 16.7. The fraction of sp³-hybridized carbons (Fsp3) is 0.800. The van der Waals surface area contributed by atoms with E-state index in [1.54, 1.807) is 16.7 Å². The largest absolute Gasteiger partial charge is 0.444 e. The Labute approximate surface area is 95.1 Å². The summed E-state index contributed by atoms with van der Waals surface area (Å²) in [6, 6.07) is 0. The van der Waals surface area contributed by atoms with Gasteiger partial charge in [0.2, 0.25) is 5.04 Å². The number of nitrogens with one attached hydrogen (secondary N) is 1. The van der Waals surface area contributed by atoms with Gasteiger partial charge in [-0.05, 0) is 27.0 Å². The molecule has 5 heteroatoms. The van der Waals surface area contributed by atoms with Gasteiger partial charge in [0.25, 0.3) is 0 Å². The van der Waals surface area contributed by atoms with Gasteiger partial charge >= 0.3 is 6.09 Å². The third kappa shape index (κ3) is 4.11. The lowest BCUT2D eigenvalue weighted by atomic mass is 10.2. The number of thioether (sulfide) groups is 1.